The fraction of sp³-hybridized carbons (Fsp3) is 0.158. The van der Waals surface area contributed by atoms with Crippen molar-refractivity contribution in [2.45, 2.75) is 6.92 Å². The first-order valence-electron chi connectivity index (χ1n) is 7.85. The van der Waals surface area contributed by atoms with Crippen molar-refractivity contribution in [1.82, 2.24) is 5.32 Å². The Morgan fingerprint density at radius 2 is 1.84 bits per heavy atom. The molecule has 0 bridgehead atoms. The van der Waals surface area contributed by atoms with Gasteiger partial charge >= 0.3 is 0 Å². The zero-order valence-corrected chi connectivity index (χ0v) is 14.8. The average molecular weight is 354 g/mol. The van der Waals surface area contributed by atoms with Gasteiger partial charge in [0.1, 0.15) is 17.2 Å². The van der Waals surface area contributed by atoms with Crippen LogP contribution in [0.15, 0.2) is 58.4 Å². The van der Waals surface area contributed by atoms with Gasteiger partial charge < -0.3 is 14.8 Å². The molecule has 1 aliphatic rings. The first kappa shape index (κ1) is 17.1. The molecule has 0 saturated carbocycles. The Labute approximate surface area is 150 Å². The summed E-state index contributed by atoms with van der Waals surface area (Å²) in [6.45, 7) is 2.48. The van der Waals surface area contributed by atoms with E-state index in [1.165, 1.54) is 11.8 Å². The number of ether oxygens (including phenoxy) is 2. The highest BCUT2D eigenvalue weighted by Gasteiger charge is 2.24. The van der Waals surface area contributed by atoms with Crippen molar-refractivity contribution >= 4 is 34.6 Å². The summed E-state index contributed by atoms with van der Waals surface area (Å²) >= 11 is 1.29. The van der Waals surface area contributed by atoms with E-state index in [1.807, 2.05) is 55.5 Å². The van der Waals surface area contributed by atoms with Crippen LogP contribution in [-0.2, 0) is 4.79 Å². The van der Waals surface area contributed by atoms with Crippen molar-refractivity contribution in [2.75, 3.05) is 13.7 Å². The minimum atomic E-state index is -0.177. The van der Waals surface area contributed by atoms with Gasteiger partial charge in [-0.1, -0.05) is 30.3 Å². The molecule has 0 atom stereocenters. The van der Waals surface area contributed by atoms with E-state index < -0.39 is 0 Å². The molecule has 0 radical (unpaired) electrons. The molecular weight excluding hydrogens is 336 g/mol. The van der Waals surface area contributed by atoms with Gasteiger partial charge in [0.15, 0.2) is 5.17 Å². The maximum Gasteiger partial charge on any atom is 0.264 e. The van der Waals surface area contributed by atoms with Crippen LogP contribution >= 0.6 is 11.8 Å². The number of para-hydroxylation sites is 3. The largest absolute Gasteiger partial charge is 0.496 e. The van der Waals surface area contributed by atoms with Crippen LogP contribution in [-0.4, -0.2) is 24.8 Å². The lowest BCUT2D eigenvalue weighted by molar-refractivity contribution is -0.115. The lowest BCUT2D eigenvalue weighted by Gasteiger charge is -2.06. The number of nitrogens with zero attached hydrogens (tertiary/aromatic N) is 1. The molecule has 2 aromatic rings. The van der Waals surface area contributed by atoms with Gasteiger partial charge in [0.2, 0.25) is 0 Å². The van der Waals surface area contributed by atoms with Crippen molar-refractivity contribution in [3.63, 3.8) is 0 Å². The minimum Gasteiger partial charge on any atom is -0.496 e. The number of nitrogens with one attached hydrogen (secondary N) is 1. The molecule has 1 fully saturated rings. The number of carbonyl (C=O) groups excluding carboxylic acids is 1. The van der Waals surface area contributed by atoms with Crippen LogP contribution in [0.25, 0.3) is 6.08 Å². The van der Waals surface area contributed by atoms with E-state index in [-0.39, 0.29) is 5.91 Å². The number of hydrogen-bond donors (Lipinski definition) is 1. The molecule has 2 aromatic carbocycles. The summed E-state index contributed by atoms with van der Waals surface area (Å²) in [5, 5.41) is 3.32. The quantitative estimate of drug-likeness (QED) is 0.825. The number of amidine groups is 1. The molecule has 5 nitrogen and oxygen atoms in total. The van der Waals surface area contributed by atoms with Crippen LogP contribution < -0.4 is 14.8 Å². The van der Waals surface area contributed by atoms with Gasteiger partial charge in [0.25, 0.3) is 5.91 Å². The zero-order chi connectivity index (χ0) is 17.6. The second-order valence-corrected chi connectivity index (χ2v) is 6.16. The molecule has 1 N–H and O–H groups in total. The fourth-order valence-electron chi connectivity index (χ4n) is 2.34. The zero-order valence-electron chi connectivity index (χ0n) is 14.0. The number of methoxy groups -OCH3 is 1. The SMILES string of the molecule is CCOc1ccccc1N=C1NC(=O)C(=Cc2ccccc2OC)S1. The standard InChI is InChI=1S/C19H18N2O3S/c1-3-24-16-11-7-5-9-14(16)20-19-21-18(22)17(25-19)12-13-8-4-6-10-15(13)23-2/h4-12H,3H2,1-2H3,(H,20,21,22). The molecule has 1 aliphatic heterocycles. The van der Waals surface area contributed by atoms with Crippen molar-refractivity contribution < 1.29 is 14.3 Å². The molecule has 3 rings (SSSR count). The summed E-state index contributed by atoms with van der Waals surface area (Å²) < 4.78 is 10.9. The summed E-state index contributed by atoms with van der Waals surface area (Å²) in [6.07, 6.45) is 1.80. The summed E-state index contributed by atoms with van der Waals surface area (Å²) in [5.74, 6) is 1.23. The average Bonchev–Trinajstić information content (AvgIpc) is 2.96. The van der Waals surface area contributed by atoms with Crippen LogP contribution in [0.5, 0.6) is 11.5 Å². The third-order valence-corrected chi connectivity index (χ3v) is 4.37. The number of aliphatic imine (C=N–C) groups is 1. The van der Waals surface area contributed by atoms with E-state index in [2.05, 4.69) is 10.3 Å². The molecule has 25 heavy (non-hydrogen) atoms. The topological polar surface area (TPSA) is 59.9 Å². The smallest absolute Gasteiger partial charge is 0.264 e. The van der Waals surface area contributed by atoms with Gasteiger partial charge in [-0.25, -0.2) is 4.99 Å². The first-order valence-corrected chi connectivity index (χ1v) is 8.67. The molecule has 128 valence electrons. The van der Waals surface area contributed by atoms with Gasteiger partial charge in [-0.05, 0) is 43.0 Å². The fourth-order valence-corrected chi connectivity index (χ4v) is 3.17. The van der Waals surface area contributed by atoms with Crippen LogP contribution in [0.3, 0.4) is 0 Å². The lowest BCUT2D eigenvalue weighted by Crippen LogP contribution is -2.19. The third-order valence-electron chi connectivity index (χ3n) is 3.46. The van der Waals surface area contributed by atoms with E-state index >= 15 is 0 Å². The summed E-state index contributed by atoms with van der Waals surface area (Å²) in [6, 6.07) is 15.0. The first-order chi connectivity index (χ1) is 12.2. The van der Waals surface area contributed by atoms with Gasteiger partial charge in [-0.2, -0.15) is 0 Å². The van der Waals surface area contributed by atoms with Crippen molar-refractivity contribution in [1.29, 1.82) is 0 Å². The van der Waals surface area contributed by atoms with E-state index in [4.69, 9.17) is 9.47 Å². The molecule has 1 saturated heterocycles. The molecule has 6 heteroatoms. The Morgan fingerprint density at radius 1 is 1.12 bits per heavy atom. The highest BCUT2D eigenvalue weighted by molar-refractivity contribution is 8.18. The summed E-state index contributed by atoms with van der Waals surface area (Å²) in [7, 11) is 1.61. The summed E-state index contributed by atoms with van der Waals surface area (Å²) in [5.41, 5.74) is 1.53. The van der Waals surface area contributed by atoms with Gasteiger partial charge in [0.05, 0.1) is 18.6 Å². The maximum atomic E-state index is 12.2. The van der Waals surface area contributed by atoms with Crippen molar-refractivity contribution in [2.24, 2.45) is 4.99 Å². The molecule has 0 unspecified atom stereocenters. The van der Waals surface area contributed by atoms with Crippen molar-refractivity contribution in [3.8, 4) is 11.5 Å². The van der Waals surface area contributed by atoms with Crippen LogP contribution in [0.2, 0.25) is 0 Å². The maximum absolute atomic E-state index is 12.2. The second kappa shape index (κ2) is 7.90. The summed E-state index contributed by atoms with van der Waals surface area (Å²) in [4.78, 5) is 17.3. The van der Waals surface area contributed by atoms with Gasteiger partial charge in [0, 0.05) is 5.56 Å². The number of thioether (sulfide) groups is 1. The van der Waals surface area contributed by atoms with E-state index in [1.54, 1.807) is 13.2 Å². The Balaban J connectivity index is 1.87. The highest BCUT2D eigenvalue weighted by Crippen LogP contribution is 2.33. The number of hydrogen-bond acceptors (Lipinski definition) is 5. The number of benzene rings is 2. The number of rotatable bonds is 5. The minimum absolute atomic E-state index is 0.177. The molecule has 1 heterocycles. The van der Waals surface area contributed by atoms with Crippen molar-refractivity contribution in [3.05, 3.63) is 59.0 Å². The van der Waals surface area contributed by atoms with E-state index in [0.29, 0.717) is 28.1 Å². The van der Waals surface area contributed by atoms with Gasteiger partial charge in [-0.15, -0.1) is 0 Å². The molecular formula is C19H18N2O3S. The Morgan fingerprint density at radius 3 is 2.60 bits per heavy atom. The van der Waals surface area contributed by atoms with Gasteiger partial charge in [-0.3, -0.25) is 4.79 Å². The van der Waals surface area contributed by atoms with Crippen LogP contribution in [0, 0.1) is 0 Å². The number of carbonyl (C=O) groups is 1. The number of amides is 1. The molecule has 0 aliphatic carbocycles. The lowest BCUT2D eigenvalue weighted by atomic mass is 10.2. The monoisotopic (exact) mass is 354 g/mol. The second-order valence-electron chi connectivity index (χ2n) is 5.12. The Kier molecular flexibility index (Phi) is 5.40. The predicted octanol–water partition coefficient (Wildman–Crippen LogP) is 3.99. The third kappa shape index (κ3) is 4.03. The van der Waals surface area contributed by atoms with E-state index in [9.17, 15) is 4.79 Å². The molecule has 0 spiro atoms. The Hall–Kier alpha value is -2.73. The Bertz CT molecular complexity index is 846. The normalized spacial score (nSPS) is 17.0. The molecule has 0 aromatic heterocycles. The van der Waals surface area contributed by atoms with E-state index in [0.717, 1.165) is 11.3 Å². The predicted molar refractivity (Wildman–Crippen MR) is 101 cm³/mol. The highest BCUT2D eigenvalue weighted by atomic mass is 32.2. The van der Waals surface area contributed by atoms with Crippen LogP contribution in [0.1, 0.15) is 12.5 Å². The molecule has 1 amide bonds. The van der Waals surface area contributed by atoms with Crippen LogP contribution in [0.4, 0.5) is 5.69 Å².